The van der Waals surface area contributed by atoms with E-state index in [1.54, 1.807) is 12.1 Å². The van der Waals surface area contributed by atoms with E-state index in [0.717, 1.165) is 44.2 Å². The lowest BCUT2D eigenvalue weighted by atomic mass is 9.85. The van der Waals surface area contributed by atoms with Crippen molar-refractivity contribution in [1.29, 1.82) is 0 Å². The van der Waals surface area contributed by atoms with Crippen LogP contribution in [0.5, 0.6) is 0 Å². The molecule has 2 nitrogen and oxygen atoms in total. The van der Waals surface area contributed by atoms with E-state index in [2.05, 4.69) is 6.07 Å². The third-order valence-corrected chi connectivity index (χ3v) is 9.08. The van der Waals surface area contributed by atoms with Gasteiger partial charge in [-0.25, -0.2) is 0 Å². The van der Waals surface area contributed by atoms with Crippen LogP contribution in [0.1, 0.15) is 12.3 Å². The minimum Gasteiger partial charge on any atom is -0.456 e. The van der Waals surface area contributed by atoms with Gasteiger partial charge in [-0.15, -0.1) is 0 Å². The van der Waals surface area contributed by atoms with E-state index < -0.39 is 42.3 Å². The molecule has 0 saturated carbocycles. The second kappa shape index (κ2) is 10.6. The number of furan rings is 2. The summed E-state index contributed by atoms with van der Waals surface area (Å²) >= 11 is 0. The van der Waals surface area contributed by atoms with Crippen LogP contribution in [-0.2, 0) is 0 Å². The van der Waals surface area contributed by atoms with Crippen LogP contribution >= 0.6 is 0 Å². The first-order valence-corrected chi connectivity index (χ1v) is 15.6. The predicted molar refractivity (Wildman–Crippen MR) is 200 cm³/mol. The summed E-state index contributed by atoms with van der Waals surface area (Å²) in [5.74, 6) is 0.768. The first kappa shape index (κ1) is 19.3. The van der Waals surface area contributed by atoms with Crippen molar-refractivity contribution >= 4 is 54.5 Å². The molecule has 0 aliphatic heterocycles. The smallest absolute Gasteiger partial charge is 0.143 e. The molecule has 8 aromatic carbocycles. The first-order chi connectivity index (χ1) is 27.5. The van der Waals surface area contributed by atoms with Crippen molar-refractivity contribution in [2.24, 2.45) is 0 Å². The van der Waals surface area contributed by atoms with E-state index in [0.29, 0.717) is 33.1 Å². The van der Waals surface area contributed by atoms with Gasteiger partial charge in [0.2, 0.25) is 0 Å². The average Bonchev–Trinajstić information content (AvgIpc) is 3.85. The van der Waals surface area contributed by atoms with Crippen LogP contribution in [0.25, 0.3) is 99.2 Å². The molecule has 0 aliphatic carbocycles. The third kappa shape index (κ3) is 4.06. The van der Waals surface area contributed by atoms with Gasteiger partial charge in [-0.3, -0.25) is 0 Å². The molecular formula is C46H28O2. The fraction of sp³-hybridized carbons (Fsp3) is 0. The van der Waals surface area contributed by atoms with Gasteiger partial charge in [0.25, 0.3) is 0 Å². The molecule has 0 saturated heterocycles. The SMILES string of the molecule is [2H]c1c([2H])c([2H])c(-c2c3ccccc3c(-c3cccc4oc5c(-c6ccc7oc(-c8ccccc8)cc7c6)cccc5c34)c3c([2H])c([2H])c([2H])c([2H])c23)c([2H])c1[2H]. The van der Waals surface area contributed by atoms with Crippen LogP contribution in [0.15, 0.2) is 178 Å². The summed E-state index contributed by atoms with van der Waals surface area (Å²) < 4.78 is 92.1. The van der Waals surface area contributed by atoms with E-state index >= 15 is 0 Å². The van der Waals surface area contributed by atoms with E-state index in [9.17, 15) is 2.74 Å². The van der Waals surface area contributed by atoms with Gasteiger partial charge in [0.15, 0.2) is 0 Å². The van der Waals surface area contributed by atoms with Crippen molar-refractivity contribution in [2.45, 2.75) is 0 Å². The number of rotatable bonds is 4. The lowest BCUT2D eigenvalue weighted by Crippen LogP contribution is -1.91. The minimum absolute atomic E-state index is 0.0574. The molecule has 2 aromatic heterocycles. The van der Waals surface area contributed by atoms with Gasteiger partial charge in [-0.05, 0) is 73.6 Å². The highest BCUT2D eigenvalue weighted by molar-refractivity contribution is 6.26. The molecule has 0 fully saturated rings. The zero-order valence-corrected chi connectivity index (χ0v) is 25.3. The summed E-state index contributed by atoms with van der Waals surface area (Å²) in [5, 5.41) is 3.74. The van der Waals surface area contributed by atoms with Crippen molar-refractivity contribution in [3.8, 4) is 44.7 Å². The van der Waals surface area contributed by atoms with E-state index in [1.165, 1.54) is 0 Å². The number of fused-ring (bicyclic) bond motifs is 6. The fourth-order valence-electron chi connectivity index (χ4n) is 7.03. The maximum Gasteiger partial charge on any atom is 0.143 e. The zero-order valence-electron chi connectivity index (χ0n) is 34.3. The molecule has 0 spiro atoms. The Kier molecular flexibility index (Phi) is 4.26. The summed E-state index contributed by atoms with van der Waals surface area (Å²) in [6.45, 7) is 0. The second-order valence-corrected chi connectivity index (χ2v) is 11.7. The van der Waals surface area contributed by atoms with Gasteiger partial charge < -0.3 is 8.83 Å². The molecule has 48 heavy (non-hydrogen) atoms. The van der Waals surface area contributed by atoms with Gasteiger partial charge in [0.1, 0.15) is 22.5 Å². The number of para-hydroxylation sites is 1. The maximum absolute atomic E-state index is 9.36. The molecule has 0 atom stereocenters. The Labute approximate surface area is 289 Å². The Morgan fingerprint density at radius 2 is 1.10 bits per heavy atom. The molecule has 0 amide bonds. The number of benzene rings is 8. The minimum atomic E-state index is -0.555. The Bertz CT molecular complexity index is 3320. The molecule has 0 radical (unpaired) electrons. The van der Waals surface area contributed by atoms with Crippen LogP contribution in [0, 0.1) is 0 Å². The van der Waals surface area contributed by atoms with Crippen LogP contribution in [0.4, 0.5) is 0 Å². The normalized spacial score (nSPS) is 14.4. The highest BCUT2D eigenvalue weighted by atomic mass is 16.3. The van der Waals surface area contributed by atoms with Crippen LogP contribution in [-0.4, -0.2) is 0 Å². The van der Waals surface area contributed by atoms with Crippen LogP contribution < -0.4 is 0 Å². The van der Waals surface area contributed by atoms with Crippen molar-refractivity contribution < 1.29 is 21.2 Å². The van der Waals surface area contributed by atoms with Gasteiger partial charge >= 0.3 is 0 Å². The Morgan fingerprint density at radius 3 is 1.94 bits per heavy atom. The van der Waals surface area contributed by atoms with Crippen molar-refractivity contribution in [3.63, 3.8) is 0 Å². The molecule has 0 N–H and O–H groups in total. The fourth-order valence-corrected chi connectivity index (χ4v) is 7.03. The van der Waals surface area contributed by atoms with E-state index in [-0.39, 0.29) is 34.0 Å². The quantitative estimate of drug-likeness (QED) is 0.183. The second-order valence-electron chi connectivity index (χ2n) is 11.7. The molecule has 2 heteroatoms. The Balaban J connectivity index is 1.29. The largest absolute Gasteiger partial charge is 0.456 e. The molecule has 0 aliphatic rings. The van der Waals surface area contributed by atoms with Crippen molar-refractivity contribution in [3.05, 3.63) is 170 Å². The van der Waals surface area contributed by atoms with Gasteiger partial charge in [-0.2, -0.15) is 0 Å². The third-order valence-electron chi connectivity index (χ3n) is 9.08. The summed E-state index contributed by atoms with van der Waals surface area (Å²) in [4.78, 5) is 0. The van der Waals surface area contributed by atoms with E-state index in [1.807, 2.05) is 97.1 Å². The summed E-state index contributed by atoms with van der Waals surface area (Å²) in [7, 11) is 0. The van der Waals surface area contributed by atoms with Crippen LogP contribution in [0.3, 0.4) is 0 Å². The van der Waals surface area contributed by atoms with Gasteiger partial charge in [-0.1, -0.05) is 145 Å². The number of hydrogen-bond acceptors (Lipinski definition) is 2. The highest BCUT2D eigenvalue weighted by Gasteiger charge is 2.21. The standard InChI is InChI=1S/C46H28O2/c1-3-13-29(14-4-1)42-28-32-27-31(25-26-40(32)47-42)33-21-11-23-39-45-38(22-12-24-41(45)48-46(33)39)44-36-19-9-7-17-34(36)43(30-15-5-2-6-16-30)35-18-8-10-20-37(35)44/h1-28H/i2D,5D,6D,7D,9D,15D,16D,17D,19D. The monoisotopic (exact) mass is 621 g/mol. The average molecular weight is 622 g/mol. The molecule has 0 bridgehead atoms. The molecular weight excluding hydrogens is 585 g/mol. The van der Waals surface area contributed by atoms with Gasteiger partial charge in [0.05, 0.1) is 12.3 Å². The lowest BCUT2D eigenvalue weighted by molar-refractivity contribution is 0.631. The first-order valence-electron chi connectivity index (χ1n) is 20.1. The zero-order chi connectivity index (χ0) is 39.4. The molecule has 2 heterocycles. The molecule has 224 valence electrons. The van der Waals surface area contributed by atoms with E-state index in [4.69, 9.17) is 18.4 Å². The topological polar surface area (TPSA) is 26.3 Å². The lowest BCUT2D eigenvalue weighted by Gasteiger charge is -2.18. The molecule has 10 rings (SSSR count). The Hall–Kier alpha value is -6.38. The van der Waals surface area contributed by atoms with Crippen LogP contribution in [0.2, 0.25) is 0 Å². The summed E-state index contributed by atoms with van der Waals surface area (Å²) in [5.41, 5.74) is 5.88. The highest BCUT2D eigenvalue weighted by Crippen LogP contribution is 2.47. The van der Waals surface area contributed by atoms with Gasteiger partial charge in [0, 0.05) is 27.3 Å². The summed E-state index contributed by atoms with van der Waals surface area (Å²) in [6.07, 6.45) is 0. The summed E-state index contributed by atoms with van der Waals surface area (Å²) in [6, 6.07) is 32.5. The number of hydrogen-bond donors (Lipinski definition) is 0. The molecule has 0 unspecified atom stereocenters. The maximum atomic E-state index is 9.36. The Morgan fingerprint density at radius 1 is 0.417 bits per heavy atom. The van der Waals surface area contributed by atoms with Crippen molar-refractivity contribution in [1.82, 2.24) is 0 Å². The predicted octanol–water partition coefficient (Wildman–Crippen LogP) is 13.3. The van der Waals surface area contributed by atoms with Crippen molar-refractivity contribution in [2.75, 3.05) is 0 Å². The molecule has 10 aromatic rings.